The van der Waals surface area contributed by atoms with Gasteiger partial charge in [0, 0.05) is 22.9 Å². The van der Waals surface area contributed by atoms with Crippen LogP contribution in [0.15, 0.2) is 58.7 Å². The maximum atomic E-state index is 13.0. The summed E-state index contributed by atoms with van der Waals surface area (Å²) in [6.45, 7) is -0.984. The second kappa shape index (κ2) is 9.58. The van der Waals surface area contributed by atoms with Crippen LogP contribution in [0.4, 0.5) is 9.52 Å². The van der Waals surface area contributed by atoms with Crippen LogP contribution in [0.5, 0.6) is 0 Å². The highest BCUT2D eigenvalue weighted by atomic mass is 32.2. The van der Waals surface area contributed by atoms with Gasteiger partial charge in [0.05, 0.1) is 6.20 Å². The van der Waals surface area contributed by atoms with E-state index in [0.717, 1.165) is 16.9 Å². The maximum Gasteiger partial charge on any atom is 0.352 e. The molecule has 0 bridgehead atoms. The molecule has 2 aliphatic heterocycles. The van der Waals surface area contributed by atoms with Crippen LogP contribution in [0.2, 0.25) is 0 Å². The van der Waals surface area contributed by atoms with Crippen molar-refractivity contribution < 1.29 is 33.3 Å². The number of hydrogen-bond acceptors (Lipinski definition) is 9. The molecule has 3 aromatic rings. The van der Waals surface area contributed by atoms with Gasteiger partial charge in [0.1, 0.15) is 28.3 Å². The molecule has 4 N–H and O–H groups in total. The van der Waals surface area contributed by atoms with Gasteiger partial charge < -0.3 is 25.4 Å². The highest BCUT2D eigenvalue weighted by Crippen LogP contribution is 2.40. The van der Waals surface area contributed by atoms with E-state index in [0.29, 0.717) is 11.3 Å². The molecule has 0 aliphatic carbocycles. The van der Waals surface area contributed by atoms with Gasteiger partial charge >= 0.3 is 5.97 Å². The second-order valence-corrected chi connectivity index (χ2v) is 9.80. The summed E-state index contributed by atoms with van der Waals surface area (Å²) >= 11 is 2.38. The standard InChI is InChI=1S/C21H18FN7O5S2/c22-10-34-26-14(13-9-36-21(23)24-13)17(30)25-15-18(31)29-16(20(32)33)11(8-35-19(15)29)6-27-4-5-28-3-1-2-12(28)7-27/h1-5,7,9,15,19H,6,8,10H2,(H3-,23,24,25,30,32,33)/p+1/t15-,19+/m1/s1. The topological polar surface area (TPSA) is 155 Å². The van der Waals surface area contributed by atoms with E-state index < -0.39 is 36.1 Å². The number of fused-ring (bicyclic) bond motifs is 2. The quantitative estimate of drug-likeness (QED) is 0.162. The summed E-state index contributed by atoms with van der Waals surface area (Å²) in [5, 5.41) is 16.9. The number of β-lactam (4-membered cyclic amide) rings is 1. The van der Waals surface area contributed by atoms with E-state index in [-0.39, 0.29) is 28.8 Å². The van der Waals surface area contributed by atoms with Crippen LogP contribution in [0.25, 0.3) is 5.52 Å². The van der Waals surface area contributed by atoms with Crippen LogP contribution in [0, 0.1) is 0 Å². The molecule has 12 nitrogen and oxygen atoms in total. The number of hydrogen-bond donors (Lipinski definition) is 3. The zero-order chi connectivity index (χ0) is 25.4. The van der Waals surface area contributed by atoms with Crippen molar-refractivity contribution >= 4 is 57.2 Å². The number of thiazole rings is 1. The number of rotatable bonds is 8. The van der Waals surface area contributed by atoms with Gasteiger partial charge in [-0.3, -0.25) is 14.5 Å². The zero-order valence-electron chi connectivity index (χ0n) is 18.4. The van der Waals surface area contributed by atoms with Crippen LogP contribution in [-0.4, -0.2) is 66.9 Å². The molecule has 1 fully saturated rings. The molecule has 2 atom stereocenters. The van der Waals surface area contributed by atoms with Gasteiger partial charge in [-0.15, -0.1) is 23.1 Å². The lowest BCUT2D eigenvalue weighted by molar-refractivity contribution is -0.688. The Labute approximate surface area is 210 Å². The summed E-state index contributed by atoms with van der Waals surface area (Å²) in [6.07, 6.45) is 7.47. The fourth-order valence-electron chi connectivity index (χ4n) is 4.05. The first-order valence-corrected chi connectivity index (χ1v) is 12.4. The first kappa shape index (κ1) is 23.7. The molecule has 0 spiro atoms. The van der Waals surface area contributed by atoms with Crippen LogP contribution in [0.1, 0.15) is 5.69 Å². The van der Waals surface area contributed by atoms with E-state index >= 15 is 0 Å². The molecule has 0 aromatic carbocycles. The minimum Gasteiger partial charge on any atom is -0.477 e. The Balaban J connectivity index is 1.35. The molecular formula is C21H19FN7O5S2+. The predicted octanol–water partition coefficient (Wildman–Crippen LogP) is 0.352. The molecule has 0 unspecified atom stereocenters. The number of aromatic nitrogens is 3. The molecule has 5 heterocycles. The van der Waals surface area contributed by atoms with Gasteiger partial charge in [0.15, 0.2) is 29.8 Å². The number of nitrogens with one attached hydrogen (secondary N) is 1. The molecule has 15 heteroatoms. The lowest BCUT2D eigenvalue weighted by Crippen LogP contribution is -2.71. The molecule has 5 rings (SSSR count). The summed E-state index contributed by atoms with van der Waals surface area (Å²) in [5.74, 6) is -2.29. The van der Waals surface area contributed by atoms with Crippen LogP contribution >= 0.6 is 23.1 Å². The summed E-state index contributed by atoms with van der Waals surface area (Å²) in [7, 11) is 0. The average molecular weight is 533 g/mol. The summed E-state index contributed by atoms with van der Waals surface area (Å²) in [6, 6.07) is 2.82. The van der Waals surface area contributed by atoms with Crippen molar-refractivity contribution in [2.75, 3.05) is 18.3 Å². The Kier molecular flexibility index (Phi) is 6.32. The Hall–Kier alpha value is -3.98. The molecule has 186 valence electrons. The highest BCUT2D eigenvalue weighted by molar-refractivity contribution is 8.00. The normalized spacial score (nSPS) is 19.8. The largest absolute Gasteiger partial charge is 0.477 e. The molecule has 0 saturated carbocycles. The number of carboxylic acid groups (broad SMARTS) is 1. The van der Waals surface area contributed by atoms with E-state index in [1.165, 1.54) is 22.0 Å². The minimum atomic E-state index is -1.27. The fourth-order valence-corrected chi connectivity index (χ4v) is 5.93. The number of alkyl halides is 1. The summed E-state index contributed by atoms with van der Waals surface area (Å²) in [4.78, 5) is 47.5. The van der Waals surface area contributed by atoms with Crippen LogP contribution in [-0.2, 0) is 25.8 Å². The summed E-state index contributed by atoms with van der Waals surface area (Å²) < 4.78 is 16.3. The maximum absolute atomic E-state index is 13.0. The van der Waals surface area contributed by atoms with Gasteiger partial charge in [0.25, 0.3) is 18.7 Å². The van der Waals surface area contributed by atoms with E-state index in [9.17, 15) is 23.9 Å². The van der Waals surface area contributed by atoms with Crippen molar-refractivity contribution in [3.8, 4) is 0 Å². The number of nitrogen functional groups attached to an aromatic ring is 1. The third kappa shape index (κ3) is 4.26. The number of oxime groups is 1. The Morgan fingerprint density at radius 3 is 2.97 bits per heavy atom. The number of thioether (sulfide) groups is 1. The second-order valence-electron chi connectivity index (χ2n) is 7.81. The molecule has 2 amide bonds. The van der Waals surface area contributed by atoms with Crippen molar-refractivity contribution in [2.45, 2.75) is 18.0 Å². The number of carboxylic acids is 1. The number of aliphatic carboxylic acids is 1. The van der Waals surface area contributed by atoms with Gasteiger partial charge in [-0.05, 0) is 12.1 Å². The number of carbonyl (C=O) groups excluding carboxylic acids is 2. The number of nitrogens with zero attached hydrogens (tertiary/aromatic N) is 5. The number of amides is 2. The number of nitrogens with two attached hydrogens (primary N) is 1. The lowest BCUT2D eigenvalue weighted by Gasteiger charge is -2.49. The molecule has 2 aliphatic rings. The minimum absolute atomic E-state index is 0.0637. The van der Waals surface area contributed by atoms with Crippen LogP contribution < -0.4 is 15.6 Å². The zero-order valence-corrected chi connectivity index (χ0v) is 20.0. The first-order chi connectivity index (χ1) is 17.4. The van der Waals surface area contributed by atoms with Crippen molar-refractivity contribution in [3.63, 3.8) is 0 Å². The summed E-state index contributed by atoms with van der Waals surface area (Å²) in [5.41, 5.74) is 6.73. The van der Waals surface area contributed by atoms with Crippen molar-refractivity contribution in [1.82, 2.24) is 19.6 Å². The smallest absolute Gasteiger partial charge is 0.352 e. The molecule has 0 radical (unpaired) electrons. The highest BCUT2D eigenvalue weighted by Gasteiger charge is 2.54. The number of anilines is 1. The molecule has 36 heavy (non-hydrogen) atoms. The Bertz CT molecular complexity index is 1430. The molecular weight excluding hydrogens is 513 g/mol. The monoisotopic (exact) mass is 532 g/mol. The average Bonchev–Trinajstić information content (AvgIpc) is 3.50. The van der Waals surface area contributed by atoms with Gasteiger partial charge in [-0.2, -0.15) is 4.57 Å². The Morgan fingerprint density at radius 1 is 1.42 bits per heavy atom. The van der Waals surface area contributed by atoms with Gasteiger partial charge in [-0.1, -0.05) is 5.16 Å². The van der Waals surface area contributed by atoms with Crippen molar-refractivity contribution in [2.24, 2.45) is 5.16 Å². The SMILES string of the molecule is Nc1nc(C(=NOCF)C(=O)N[C@@H]2C(=O)N3C(C(=O)O)=C(C[n+]4ccn5cccc5c4)CS[C@@H]23)cs1. The van der Waals surface area contributed by atoms with E-state index in [1.807, 2.05) is 45.9 Å². The molecule has 3 aromatic heterocycles. The van der Waals surface area contributed by atoms with Crippen LogP contribution in [0.3, 0.4) is 0 Å². The van der Waals surface area contributed by atoms with E-state index in [4.69, 9.17) is 5.73 Å². The fraction of sp³-hybridized carbons (Fsp3) is 0.238. The number of carbonyl (C=O) groups is 3. The van der Waals surface area contributed by atoms with Crippen molar-refractivity contribution in [3.05, 3.63) is 59.3 Å². The van der Waals surface area contributed by atoms with Crippen molar-refractivity contribution in [1.29, 1.82) is 0 Å². The third-order valence-corrected chi connectivity index (χ3v) is 7.64. The first-order valence-electron chi connectivity index (χ1n) is 10.5. The Morgan fingerprint density at radius 2 is 2.25 bits per heavy atom. The lowest BCUT2D eigenvalue weighted by atomic mass is 10.0. The number of halogens is 1. The van der Waals surface area contributed by atoms with Gasteiger partial charge in [0.2, 0.25) is 0 Å². The van der Waals surface area contributed by atoms with Gasteiger partial charge in [-0.25, -0.2) is 14.2 Å². The van der Waals surface area contributed by atoms with E-state index in [1.54, 1.807) is 0 Å². The third-order valence-electron chi connectivity index (χ3n) is 5.62. The van der Waals surface area contributed by atoms with E-state index in [2.05, 4.69) is 20.3 Å². The predicted molar refractivity (Wildman–Crippen MR) is 127 cm³/mol. The molecule has 1 saturated heterocycles.